The first-order chi connectivity index (χ1) is 11.6. The molecule has 8 heteroatoms. The van der Waals surface area contributed by atoms with Crippen LogP contribution in [0.15, 0.2) is 6.33 Å². The average molecular weight is 334 g/mol. The van der Waals surface area contributed by atoms with Gasteiger partial charge in [0.05, 0.1) is 0 Å². The lowest BCUT2D eigenvalue weighted by atomic mass is 9.98. The Morgan fingerprint density at radius 1 is 1.17 bits per heavy atom. The highest BCUT2D eigenvalue weighted by molar-refractivity contribution is 5.90. The normalized spacial score (nSPS) is 22.6. The molecule has 0 aromatic carbocycles. The van der Waals surface area contributed by atoms with E-state index >= 15 is 0 Å². The van der Waals surface area contributed by atoms with E-state index in [4.69, 9.17) is 0 Å². The monoisotopic (exact) mass is 334 g/mol. The van der Waals surface area contributed by atoms with E-state index in [1.54, 1.807) is 4.90 Å². The lowest BCUT2D eigenvalue weighted by molar-refractivity contribution is -0.133. The second-order valence-corrected chi connectivity index (χ2v) is 6.68. The van der Waals surface area contributed by atoms with Gasteiger partial charge in [0, 0.05) is 38.6 Å². The Balaban J connectivity index is 1.42. The highest BCUT2D eigenvalue weighted by Crippen LogP contribution is 2.19. The first kappa shape index (κ1) is 16.9. The fraction of sp³-hybridized carbons (Fsp3) is 0.750. The van der Waals surface area contributed by atoms with E-state index in [-0.39, 0.29) is 17.6 Å². The van der Waals surface area contributed by atoms with Crippen LogP contribution < -0.4 is 0 Å². The van der Waals surface area contributed by atoms with E-state index in [0.717, 1.165) is 13.0 Å². The zero-order valence-corrected chi connectivity index (χ0v) is 14.3. The Morgan fingerprint density at radius 3 is 2.58 bits per heavy atom. The van der Waals surface area contributed by atoms with Crippen LogP contribution in [0.2, 0.25) is 0 Å². The molecule has 0 radical (unpaired) electrons. The second kappa shape index (κ2) is 7.74. The average Bonchev–Trinajstić information content (AvgIpc) is 3.15. The van der Waals surface area contributed by atoms with Crippen molar-refractivity contribution in [1.82, 2.24) is 29.9 Å². The topological polar surface area (TPSA) is 85.4 Å². The molecule has 1 atom stereocenters. The van der Waals surface area contributed by atoms with Gasteiger partial charge in [-0.15, -0.1) is 0 Å². The fourth-order valence-corrected chi connectivity index (χ4v) is 3.57. The summed E-state index contributed by atoms with van der Waals surface area (Å²) in [6.07, 6.45) is 6.60. The van der Waals surface area contributed by atoms with Gasteiger partial charge >= 0.3 is 0 Å². The molecule has 0 aliphatic carbocycles. The van der Waals surface area contributed by atoms with Gasteiger partial charge < -0.3 is 14.7 Å². The van der Waals surface area contributed by atoms with Crippen molar-refractivity contribution in [2.75, 3.05) is 39.8 Å². The second-order valence-electron chi connectivity index (χ2n) is 6.68. The van der Waals surface area contributed by atoms with Crippen LogP contribution in [0.4, 0.5) is 0 Å². The summed E-state index contributed by atoms with van der Waals surface area (Å²) in [5.74, 6) is 0.319. The Hall–Kier alpha value is -1.96. The van der Waals surface area contributed by atoms with E-state index in [1.165, 1.54) is 25.6 Å². The van der Waals surface area contributed by atoms with E-state index in [0.29, 0.717) is 38.6 Å². The van der Waals surface area contributed by atoms with Crippen LogP contribution in [0, 0.1) is 0 Å². The first-order valence-electron chi connectivity index (χ1n) is 8.78. The van der Waals surface area contributed by atoms with Crippen LogP contribution >= 0.6 is 0 Å². The number of piperidine rings is 1. The van der Waals surface area contributed by atoms with Gasteiger partial charge in [-0.05, 0) is 32.9 Å². The molecule has 2 aliphatic heterocycles. The minimum absolute atomic E-state index is 0.150. The molecule has 2 amide bonds. The maximum Gasteiger partial charge on any atom is 0.291 e. The SMILES string of the molecule is CN1CCCCC1CCC(=O)N1CCN(C(=O)c2ncn[nH]2)CC1. The van der Waals surface area contributed by atoms with Crippen LogP contribution in [0.5, 0.6) is 0 Å². The van der Waals surface area contributed by atoms with E-state index in [2.05, 4.69) is 27.1 Å². The first-order valence-corrected chi connectivity index (χ1v) is 8.78. The lowest BCUT2D eigenvalue weighted by Crippen LogP contribution is -2.51. The predicted molar refractivity (Wildman–Crippen MR) is 88.4 cm³/mol. The summed E-state index contributed by atoms with van der Waals surface area (Å²) in [6, 6.07) is 0.539. The molecular formula is C16H26N6O2. The van der Waals surface area contributed by atoms with Crippen molar-refractivity contribution >= 4 is 11.8 Å². The molecule has 1 N–H and O–H groups in total. The van der Waals surface area contributed by atoms with E-state index in [9.17, 15) is 9.59 Å². The Morgan fingerprint density at radius 2 is 1.92 bits per heavy atom. The number of likely N-dealkylation sites (tertiary alicyclic amines) is 1. The molecular weight excluding hydrogens is 308 g/mol. The molecule has 2 fully saturated rings. The number of amides is 2. The maximum atomic E-state index is 12.4. The fourth-order valence-electron chi connectivity index (χ4n) is 3.57. The minimum atomic E-state index is -0.150. The standard InChI is InChI=1S/C16H26N6O2/c1-20-7-3-2-4-13(20)5-6-14(23)21-8-10-22(11-9-21)16(24)15-17-12-18-19-15/h12-13H,2-11H2,1H3,(H,17,18,19). The summed E-state index contributed by atoms with van der Waals surface area (Å²) in [6.45, 7) is 3.43. The molecule has 0 bridgehead atoms. The number of carbonyl (C=O) groups is 2. The summed E-state index contributed by atoms with van der Waals surface area (Å²) in [5, 5.41) is 6.30. The maximum absolute atomic E-state index is 12.4. The highest BCUT2D eigenvalue weighted by atomic mass is 16.2. The van der Waals surface area contributed by atoms with Crippen molar-refractivity contribution < 1.29 is 9.59 Å². The van der Waals surface area contributed by atoms with Gasteiger partial charge in [0.2, 0.25) is 11.7 Å². The number of H-pyrrole nitrogens is 1. The third-order valence-electron chi connectivity index (χ3n) is 5.15. The number of aromatic nitrogens is 3. The largest absolute Gasteiger partial charge is 0.339 e. The molecule has 132 valence electrons. The molecule has 1 unspecified atom stereocenters. The van der Waals surface area contributed by atoms with Crippen molar-refractivity contribution in [3.63, 3.8) is 0 Å². The smallest absolute Gasteiger partial charge is 0.291 e. The molecule has 3 rings (SSSR count). The molecule has 2 aliphatic rings. The Bertz CT molecular complexity index is 553. The molecule has 8 nitrogen and oxygen atoms in total. The summed E-state index contributed by atoms with van der Waals surface area (Å²) in [4.78, 5) is 34.5. The highest BCUT2D eigenvalue weighted by Gasteiger charge is 2.27. The lowest BCUT2D eigenvalue weighted by Gasteiger charge is -2.35. The van der Waals surface area contributed by atoms with E-state index < -0.39 is 0 Å². The molecule has 2 saturated heterocycles. The number of hydrogen-bond acceptors (Lipinski definition) is 5. The molecule has 1 aromatic heterocycles. The summed E-state index contributed by atoms with van der Waals surface area (Å²) in [7, 11) is 2.15. The number of hydrogen-bond donors (Lipinski definition) is 1. The Kier molecular flexibility index (Phi) is 5.44. The number of piperazine rings is 1. The number of nitrogens with one attached hydrogen (secondary N) is 1. The van der Waals surface area contributed by atoms with Crippen LogP contribution in [-0.4, -0.2) is 87.5 Å². The number of rotatable bonds is 4. The molecule has 0 spiro atoms. The number of carbonyl (C=O) groups excluding carboxylic acids is 2. The van der Waals surface area contributed by atoms with Crippen molar-refractivity contribution in [2.24, 2.45) is 0 Å². The van der Waals surface area contributed by atoms with Gasteiger partial charge in [0.15, 0.2) is 0 Å². The molecule has 1 aromatic rings. The summed E-state index contributed by atoms with van der Waals surface area (Å²) >= 11 is 0. The van der Waals surface area contributed by atoms with Gasteiger partial charge in [-0.2, -0.15) is 5.10 Å². The quantitative estimate of drug-likeness (QED) is 0.859. The van der Waals surface area contributed by atoms with Crippen LogP contribution in [0.1, 0.15) is 42.7 Å². The Labute approximate surface area is 142 Å². The van der Waals surface area contributed by atoms with Gasteiger partial charge in [-0.25, -0.2) is 4.98 Å². The number of aromatic amines is 1. The predicted octanol–water partition coefficient (Wildman–Crippen LogP) is 0.354. The van der Waals surface area contributed by atoms with Crippen molar-refractivity contribution in [3.8, 4) is 0 Å². The summed E-state index contributed by atoms with van der Waals surface area (Å²) in [5.41, 5.74) is 0. The van der Waals surface area contributed by atoms with Crippen LogP contribution in [0.25, 0.3) is 0 Å². The van der Waals surface area contributed by atoms with Gasteiger partial charge in [-0.1, -0.05) is 6.42 Å². The van der Waals surface area contributed by atoms with Crippen molar-refractivity contribution in [1.29, 1.82) is 0 Å². The zero-order valence-electron chi connectivity index (χ0n) is 14.3. The third kappa shape index (κ3) is 3.92. The number of nitrogens with zero attached hydrogens (tertiary/aromatic N) is 5. The van der Waals surface area contributed by atoms with Crippen molar-refractivity contribution in [3.05, 3.63) is 12.2 Å². The van der Waals surface area contributed by atoms with E-state index in [1.807, 2.05) is 4.90 Å². The zero-order chi connectivity index (χ0) is 16.9. The van der Waals surface area contributed by atoms with Gasteiger partial charge in [0.25, 0.3) is 5.91 Å². The van der Waals surface area contributed by atoms with Crippen molar-refractivity contribution in [2.45, 2.75) is 38.1 Å². The summed E-state index contributed by atoms with van der Waals surface area (Å²) < 4.78 is 0. The van der Waals surface area contributed by atoms with Gasteiger partial charge in [-0.3, -0.25) is 14.7 Å². The van der Waals surface area contributed by atoms with Gasteiger partial charge in [0.1, 0.15) is 6.33 Å². The molecule has 3 heterocycles. The minimum Gasteiger partial charge on any atom is -0.339 e. The third-order valence-corrected chi connectivity index (χ3v) is 5.15. The van der Waals surface area contributed by atoms with Crippen LogP contribution in [-0.2, 0) is 4.79 Å². The van der Waals surface area contributed by atoms with Crippen LogP contribution in [0.3, 0.4) is 0 Å². The molecule has 24 heavy (non-hydrogen) atoms. The molecule has 0 saturated carbocycles.